The summed E-state index contributed by atoms with van der Waals surface area (Å²) in [5.41, 5.74) is 0. The van der Waals surface area contributed by atoms with Gasteiger partial charge < -0.3 is 4.57 Å². The van der Waals surface area contributed by atoms with E-state index in [0.717, 1.165) is 0 Å². The normalized spacial score (nSPS) is 11.0. The smallest absolute Gasteiger partial charge is 0.118 e. The average Bonchev–Trinajstić information content (AvgIpc) is 1.88. The van der Waals surface area contributed by atoms with Crippen molar-refractivity contribution in [1.82, 2.24) is 4.57 Å². The third kappa shape index (κ3) is 13.6. The topological polar surface area (TPSA) is 3.24 Å². The molecule has 0 N–H and O–H groups in total. The van der Waals surface area contributed by atoms with Gasteiger partial charge in [-0.2, -0.15) is 0 Å². The van der Waals surface area contributed by atoms with E-state index in [1.807, 2.05) is 0 Å². The third-order valence-corrected chi connectivity index (χ3v) is 5.56. The predicted octanol–water partition coefficient (Wildman–Crippen LogP) is 2.76. The van der Waals surface area contributed by atoms with Crippen LogP contribution in [0.5, 0.6) is 0 Å². The number of unbranched alkanes of at least 4 members (excludes halogenated alkanes) is 1. The molecule has 1 nitrogen and oxygen atoms in total. The maximum Gasteiger partial charge on any atom is 0.118 e. The molecule has 0 aromatic heterocycles. The molecule has 0 saturated carbocycles. The van der Waals surface area contributed by atoms with E-state index in [4.69, 9.17) is 0 Å². The molecule has 0 saturated heterocycles. The van der Waals surface area contributed by atoms with Crippen LogP contribution >= 0.6 is 0 Å². The maximum absolute atomic E-state index is 2.33. The second-order valence-electron chi connectivity index (χ2n) is 4.17. The first-order chi connectivity index (χ1) is 5.36. The van der Waals surface area contributed by atoms with Crippen molar-refractivity contribution in [3.05, 3.63) is 0 Å². The molecule has 12 heavy (non-hydrogen) atoms. The summed E-state index contributed by atoms with van der Waals surface area (Å²) in [5.74, 6) is 0. The van der Waals surface area contributed by atoms with Crippen molar-refractivity contribution >= 4 is 30.8 Å². The Kier molecular flexibility index (Phi) is 11.0. The van der Waals surface area contributed by atoms with E-state index in [0.29, 0.717) is 0 Å². The van der Waals surface area contributed by atoms with Crippen LogP contribution in [0.2, 0.25) is 24.1 Å². The van der Waals surface area contributed by atoms with Crippen molar-refractivity contribution in [2.45, 2.75) is 43.8 Å². The van der Waals surface area contributed by atoms with Crippen molar-refractivity contribution < 1.29 is 0 Å². The van der Waals surface area contributed by atoms with Gasteiger partial charge in [0.05, 0.1) is 0 Å². The second-order valence-corrected chi connectivity index (χ2v) is 10.8. The second kappa shape index (κ2) is 8.57. The summed E-state index contributed by atoms with van der Waals surface area (Å²) >= 11 is 1.68. The minimum absolute atomic E-state index is 0.901. The number of hydrogen-bond acceptors (Lipinski definition) is 1. The van der Waals surface area contributed by atoms with E-state index in [9.17, 15) is 0 Å². The predicted molar refractivity (Wildman–Crippen MR) is 62.5 cm³/mol. The molecule has 0 aliphatic carbocycles. The molecule has 0 aromatic rings. The zero-order valence-corrected chi connectivity index (χ0v) is 13.4. The molecule has 0 fully saturated rings. The Morgan fingerprint density at radius 3 is 1.50 bits per heavy atom. The Hall–Kier alpha value is 0.976. The largest absolute Gasteiger partial charge is 0.329 e. The van der Waals surface area contributed by atoms with Crippen LogP contribution in [0.3, 0.4) is 0 Å². The maximum atomic E-state index is 2.33. The van der Waals surface area contributed by atoms with Gasteiger partial charge in [0.25, 0.3) is 0 Å². The van der Waals surface area contributed by atoms with Gasteiger partial charge in [-0.15, -0.1) is 0 Å². The number of rotatable bonds is 3. The SMILES string of the molecule is CCC[CH2][Sn].CN(C)[Si](C)(C)C. The Labute approximate surface area is 93.1 Å². The molecule has 0 amide bonds. The van der Waals surface area contributed by atoms with Gasteiger partial charge in [0.15, 0.2) is 0 Å². The van der Waals surface area contributed by atoms with E-state index in [-0.39, 0.29) is 0 Å². The molecular weight excluding hydrogens is 269 g/mol. The van der Waals surface area contributed by atoms with Gasteiger partial charge in [0, 0.05) is 0 Å². The van der Waals surface area contributed by atoms with E-state index in [2.05, 4.69) is 45.2 Å². The molecule has 3 heteroatoms. The minimum Gasteiger partial charge on any atom is -0.329 e. The van der Waals surface area contributed by atoms with E-state index < -0.39 is 8.24 Å². The van der Waals surface area contributed by atoms with E-state index >= 15 is 0 Å². The van der Waals surface area contributed by atoms with Crippen LogP contribution in [0, 0.1) is 0 Å². The first-order valence-corrected chi connectivity index (χ1v) is 10.1. The zero-order valence-electron chi connectivity index (χ0n) is 9.57. The summed E-state index contributed by atoms with van der Waals surface area (Å²) in [7, 11) is 3.39. The standard InChI is InChI=1S/C5H15NSi.C4H9.Sn/c1-6(2)7(3,4)5;1-3-4-2;/h1-5H3;1,3-4H2,2H3;. The van der Waals surface area contributed by atoms with Crippen molar-refractivity contribution in [2.24, 2.45) is 0 Å². The fourth-order valence-electron chi connectivity index (χ4n) is 0.177. The fraction of sp³-hybridized carbons (Fsp3) is 1.00. The van der Waals surface area contributed by atoms with Crippen LogP contribution in [0.1, 0.15) is 19.8 Å². The monoisotopic (exact) mass is 294 g/mol. The molecule has 0 aliphatic rings. The average molecular weight is 293 g/mol. The summed E-state index contributed by atoms with van der Waals surface area (Å²) < 4.78 is 3.76. The van der Waals surface area contributed by atoms with Gasteiger partial charge in [-0.1, -0.05) is 19.6 Å². The molecule has 0 atom stereocenters. The van der Waals surface area contributed by atoms with E-state index in [1.165, 1.54) is 17.3 Å². The van der Waals surface area contributed by atoms with Crippen LogP contribution in [0.4, 0.5) is 0 Å². The van der Waals surface area contributed by atoms with Crippen molar-refractivity contribution in [3.8, 4) is 0 Å². The quantitative estimate of drug-likeness (QED) is 0.723. The third-order valence-electron chi connectivity index (χ3n) is 1.87. The van der Waals surface area contributed by atoms with Gasteiger partial charge in [0.2, 0.25) is 0 Å². The first-order valence-electron chi connectivity index (χ1n) is 4.68. The van der Waals surface area contributed by atoms with Gasteiger partial charge in [-0.25, -0.2) is 0 Å². The van der Waals surface area contributed by atoms with E-state index in [1.54, 1.807) is 22.5 Å². The molecule has 0 rings (SSSR count). The summed E-state index contributed by atoms with van der Waals surface area (Å²) in [6, 6.07) is 0. The van der Waals surface area contributed by atoms with Crippen molar-refractivity contribution in [3.63, 3.8) is 0 Å². The van der Waals surface area contributed by atoms with Crippen LogP contribution in [-0.4, -0.2) is 49.4 Å². The summed E-state index contributed by atoms with van der Waals surface area (Å²) in [4.78, 5) is 0. The Balaban J connectivity index is 0. The zero-order chi connectivity index (χ0) is 10.2. The molecule has 0 spiro atoms. The Morgan fingerprint density at radius 2 is 1.50 bits per heavy atom. The van der Waals surface area contributed by atoms with Crippen molar-refractivity contribution in [2.75, 3.05) is 14.1 Å². The van der Waals surface area contributed by atoms with Crippen molar-refractivity contribution in [1.29, 1.82) is 0 Å². The van der Waals surface area contributed by atoms with Crippen LogP contribution in [0.15, 0.2) is 0 Å². The number of nitrogens with zero attached hydrogens (tertiary/aromatic N) is 1. The van der Waals surface area contributed by atoms with Crippen LogP contribution < -0.4 is 0 Å². The summed E-state index contributed by atoms with van der Waals surface area (Å²) in [6.07, 6.45) is 2.80. The van der Waals surface area contributed by atoms with Gasteiger partial charge in [0.1, 0.15) is 8.24 Å². The molecule has 73 valence electrons. The van der Waals surface area contributed by atoms with Crippen LogP contribution in [-0.2, 0) is 0 Å². The molecule has 0 aromatic carbocycles. The number of hydrogen-bond donors (Lipinski definition) is 0. The summed E-state index contributed by atoms with van der Waals surface area (Å²) in [5, 5.41) is 0. The molecule has 0 heterocycles. The van der Waals surface area contributed by atoms with Crippen LogP contribution in [0.25, 0.3) is 0 Å². The summed E-state index contributed by atoms with van der Waals surface area (Å²) in [6.45, 7) is 9.21. The van der Waals surface area contributed by atoms with Gasteiger partial charge >= 0.3 is 46.7 Å². The molecular formula is C9H24NSiSn. The first kappa shape index (κ1) is 15.4. The molecule has 3 radical (unpaired) electrons. The minimum atomic E-state index is -0.901. The van der Waals surface area contributed by atoms with Gasteiger partial charge in [-0.3, -0.25) is 0 Å². The molecule has 0 unspecified atom stereocenters. The van der Waals surface area contributed by atoms with Gasteiger partial charge in [-0.05, 0) is 14.1 Å². The Morgan fingerprint density at radius 1 is 1.17 bits per heavy atom. The Bertz CT molecular complexity index is 87.0. The molecule has 0 aliphatic heterocycles. The fourth-order valence-corrected chi connectivity index (χ4v) is 1.19. The molecule has 0 bridgehead atoms.